The molecule has 2 atom stereocenters. The van der Waals surface area contributed by atoms with Gasteiger partial charge in [-0.15, -0.1) is 0 Å². The van der Waals surface area contributed by atoms with E-state index < -0.39 is 0 Å². The van der Waals surface area contributed by atoms with Crippen LogP contribution in [0, 0.1) is 28.6 Å². The molecule has 3 fully saturated rings. The number of hydrogen-bond donors (Lipinski definition) is 1. The van der Waals surface area contributed by atoms with E-state index in [4.69, 9.17) is 4.74 Å². The second-order valence-corrected chi connectivity index (χ2v) is 9.93. The van der Waals surface area contributed by atoms with Crippen LogP contribution in [0.4, 0.5) is 10.6 Å². The van der Waals surface area contributed by atoms with Crippen molar-refractivity contribution in [1.82, 2.24) is 15.2 Å². The van der Waals surface area contributed by atoms with Gasteiger partial charge in [-0.3, -0.25) is 4.90 Å². The zero-order chi connectivity index (χ0) is 24.3. The number of alkyl carbamates (subject to hydrolysis) is 1. The molecule has 0 radical (unpaired) electrons. The van der Waals surface area contributed by atoms with Crippen LogP contribution >= 0.6 is 0 Å². The Hall–Kier alpha value is -3.62. The molecule has 2 aromatic rings. The summed E-state index contributed by atoms with van der Waals surface area (Å²) in [5.74, 6) is 1.42. The molecule has 0 spiro atoms. The zero-order valence-electron chi connectivity index (χ0n) is 19.8. The highest BCUT2D eigenvalue weighted by Crippen LogP contribution is 2.41. The van der Waals surface area contributed by atoms with Crippen LogP contribution in [0.1, 0.15) is 42.7 Å². The van der Waals surface area contributed by atoms with E-state index in [0.717, 1.165) is 32.4 Å². The first-order valence-corrected chi connectivity index (χ1v) is 12.3. The lowest BCUT2D eigenvalue weighted by Gasteiger charge is -2.57. The number of hydrogen-bond acceptors (Lipinski definition) is 7. The van der Waals surface area contributed by atoms with Gasteiger partial charge >= 0.3 is 6.09 Å². The van der Waals surface area contributed by atoms with Crippen LogP contribution in [0.25, 0.3) is 0 Å². The van der Waals surface area contributed by atoms with Crippen molar-refractivity contribution in [2.24, 2.45) is 5.92 Å². The summed E-state index contributed by atoms with van der Waals surface area (Å²) in [5.41, 5.74) is 1.62. The monoisotopic (exact) mass is 470 g/mol. The number of aromatic nitrogens is 1. The molecule has 0 bridgehead atoms. The average molecular weight is 471 g/mol. The number of carbonyl (C=O) groups is 1. The number of pyridine rings is 1. The number of amides is 1. The number of nitrogens with one attached hydrogen (secondary N) is 1. The molecule has 2 aliphatic heterocycles. The number of benzene rings is 1. The van der Waals surface area contributed by atoms with Crippen LogP contribution in [0.3, 0.4) is 0 Å². The summed E-state index contributed by atoms with van der Waals surface area (Å²) >= 11 is 0. The van der Waals surface area contributed by atoms with E-state index in [-0.39, 0.29) is 17.7 Å². The van der Waals surface area contributed by atoms with Gasteiger partial charge in [0, 0.05) is 31.2 Å². The van der Waals surface area contributed by atoms with Crippen LogP contribution < -0.4 is 10.2 Å². The molecule has 2 saturated heterocycles. The molecular formula is C27H30N6O2. The first-order valence-electron chi connectivity index (χ1n) is 12.3. The normalized spacial score (nSPS) is 23.4. The first kappa shape index (κ1) is 23.1. The number of piperidine rings is 1. The maximum atomic E-state index is 12.3. The summed E-state index contributed by atoms with van der Waals surface area (Å²) < 4.78 is 5.56. The number of rotatable bonds is 7. The fourth-order valence-corrected chi connectivity index (χ4v) is 5.50. The lowest BCUT2D eigenvalue weighted by molar-refractivity contribution is 0.0170. The molecule has 1 amide bonds. The van der Waals surface area contributed by atoms with Gasteiger partial charge in [0.1, 0.15) is 11.9 Å². The van der Waals surface area contributed by atoms with Gasteiger partial charge in [-0.1, -0.05) is 30.3 Å². The summed E-state index contributed by atoms with van der Waals surface area (Å²) in [7, 11) is 0. The van der Waals surface area contributed by atoms with E-state index in [2.05, 4.69) is 44.4 Å². The zero-order valence-corrected chi connectivity index (χ0v) is 19.8. The number of carbonyl (C=O) groups excluding carboxylic acids is 1. The fraction of sp³-hybridized carbons (Fsp3) is 0.481. The quantitative estimate of drug-likeness (QED) is 0.661. The van der Waals surface area contributed by atoms with Crippen molar-refractivity contribution >= 4 is 11.9 Å². The molecule has 3 aliphatic rings. The minimum atomic E-state index is -0.324. The molecule has 35 heavy (non-hydrogen) atoms. The third kappa shape index (κ3) is 4.94. The summed E-state index contributed by atoms with van der Waals surface area (Å²) in [6.07, 6.45) is 4.66. The highest BCUT2D eigenvalue weighted by Gasteiger charge is 2.49. The van der Waals surface area contributed by atoms with E-state index in [0.29, 0.717) is 49.3 Å². The second-order valence-electron chi connectivity index (χ2n) is 9.93. The predicted octanol–water partition coefficient (Wildman–Crippen LogP) is 3.42. The largest absolute Gasteiger partial charge is 0.449 e. The Bertz CT molecular complexity index is 1130. The molecule has 1 aromatic heterocycles. The molecule has 1 saturated carbocycles. The molecule has 8 heteroatoms. The third-order valence-corrected chi connectivity index (χ3v) is 7.64. The molecule has 180 valence electrons. The topological polar surface area (TPSA) is 105 Å². The Morgan fingerprint density at radius 3 is 2.63 bits per heavy atom. The maximum absolute atomic E-state index is 12.3. The van der Waals surface area contributed by atoms with Gasteiger partial charge in [0.25, 0.3) is 0 Å². The third-order valence-electron chi connectivity index (χ3n) is 7.64. The minimum absolute atomic E-state index is 0.166. The molecule has 5 rings (SSSR count). The van der Waals surface area contributed by atoms with Crippen molar-refractivity contribution in [3.8, 4) is 12.1 Å². The van der Waals surface area contributed by atoms with Gasteiger partial charge in [0.05, 0.1) is 30.2 Å². The SMILES string of the molecule is N#CCC1(N2CCC(COC(=O)N[C@@H]3C[C@H]3c3ccccc3)CC2)CN(c2ncccc2C#N)C1. The lowest BCUT2D eigenvalue weighted by Crippen LogP contribution is -2.71. The van der Waals surface area contributed by atoms with E-state index in [1.165, 1.54) is 5.56 Å². The van der Waals surface area contributed by atoms with Crippen LogP contribution in [0.2, 0.25) is 0 Å². The maximum Gasteiger partial charge on any atom is 0.407 e. The highest BCUT2D eigenvalue weighted by atomic mass is 16.5. The number of nitrogens with zero attached hydrogens (tertiary/aromatic N) is 5. The summed E-state index contributed by atoms with van der Waals surface area (Å²) in [4.78, 5) is 21.2. The van der Waals surface area contributed by atoms with Gasteiger partial charge < -0.3 is 15.0 Å². The minimum Gasteiger partial charge on any atom is -0.449 e. The van der Waals surface area contributed by atoms with Crippen molar-refractivity contribution in [3.63, 3.8) is 0 Å². The highest BCUT2D eigenvalue weighted by molar-refractivity contribution is 5.68. The van der Waals surface area contributed by atoms with Crippen molar-refractivity contribution < 1.29 is 9.53 Å². The van der Waals surface area contributed by atoms with Crippen molar-refractivity contribution in [1.29, 1.82) is 10.5 Å². The van der Waals surface area contributed by atoms with Crippen LogP contribution in [0.15, 0.2) is 48.7 Å². The summed E-state index contributed by atoms with van der Waals surface area (Å²) in [5, 5.41) is 21.9. The Balaban J connectivity index is 1.07. The number of nitriles is 2. The molecular weight excluding hydrogens is 440 g/mol. The van der Waals surface area contributed by atoms with Gasteiger partial charge in [-0.25, -0.2) is 9.78 Å². The second kappa shape index (κ2) is 9.93. The number of likely N-dealkylation sites (tertiary alicyclic amines) is 1. The van der Waals surface area contributed by atoms with Crippen molar-refractivity contribution in [2.75, 3.05) is 37.7 Å². The van der Waals surface area contributed by atoms with Gasteiger partial charge in [0.15, 0.2) is 0 Å². The first-order chi connectivity index (χ1) is 17.1. The molecule has 1 N–H and O–H groups in total. The molecule has 3 heterocycles. The standard InChI is InChI=1S/C27H30N6O2/c28-11-10-27(18-32(19-27)25-22(16-29)7-4-12-30-25)33-13-8-20(9-14-33)17-35-26(34)31-24-15-23(24)21-5-2-1-3-6-21/h1-7,12,20,23-24H,8-10,13-15,17-19H2,(H,31,34)/t23-,24+/m0/s1. The van der Waals surface area contributed by atoms with E-state index in [1.807, 2.05) is 18.2 Å². The average Bonchev–Trinajstić information content (AvgIpc) is 3.64. The molecule has 0 unspecified atom stereocenters. The van der Waals surface area contributed by atoms with Crippen LogP contribution in [-0.2, 0) is 4.74 Å². The Morgan fingerprint density at radius 1 is 1.14 bits per heavy atom. The molecule has 8 nitrogen and oxygen atoms in total. The Morgan fingerprint density at radius 2 is 1.91 bits per heavy atom. The smallest absolute Gasteiger partial charge is 0.407 e. The summed E-state index contributed by atoms with van der Waals surface area (Å²) in [6, 6.07) is 18.5. The van der Waals surface area contributed by atoms with Gasteiger partial charge in [-0.2, -0.15) is 10.5 Å². The van der Waals surface area contributed by atoms with Crippen LogP contribution in [-0.4, -0.2) is 60.3 Å². The van der Waals surface area contributed by atoms with Gasteiger partial charge in [-0.05, 0) is 56.0 Å². The van der Waals surface area contributed by atoms with Crippen molar-refractivity contribution in [3.05, 3.63) is 59.8 Å². The van der Waals surface area contributed by atoms with Crippen molar-refractivity contribution in [2.45, 2.75) is 43.2 Å². The lowest BCUT2D eigenvalue weighted by atomic mass is 9.82. The Labute approximate surface area is 206 Å². The predicted molar refractivity (Wildman–Crippen MR) is 130 cm³/mol. The Kier molecular flexibility index (Phi) is 6.57. The van der Waals surface area contributed by atoms with Crippen LogP contribution in [0.5, 0.6) is 0 Å². The van der Waals surface area contributed by atoms with Gasteiger partial charge in [0.2, 0.25) is 0 Å². The van der Waals surface area contributed by atoms with E-state index in [9.17, 15) is 15.3 Å². The van der Waals surface area contributed by atoms with E-state index in [1.54, 1.807) is 18.3 Å². The van der Waals surface area contributed by atoms with E-state index >= 15 is 0 Å². The summed E-state index contributed by atoms with van der Waals surface area (Å²) in [6.45, 7) is 3.56. The molecule has 1 aromatic carbocycles. The fourth-order valence-electron chi connectivity index (χ4n) is 5.50. The number of ether oxygens (including phenoxy) is 1. The number of anilines is 1. The molecule has 1 aliphatic carbocycles.